The molecule has 6 heteroatoms. The summed E-state index contributed by atoms with van der Waals surface area (Å²) in [7, 11) is 0. The van der Waals surface area contributed by atoms with Crippen molar-refractivity contribution in [2.45, 2.75) is 18.0 Å². The van der Waals surface area contributed by atoms with Crippen LogP contribution in [0.3, 0.4) is 0 Å². The van der Waals surface area contributed by atoms with Gasteiger partial charge in [0.2, 0.25) is 0 Å². The Morgan fingerprint density at radius 1 is 0.952 bits per heavy atom. The molecule has 0 radical (unpaired) electrons. The lowest BCUT2D eigenvalue weighted by Crippen LogP contribution is -2.11. The monoisotopic (exact) mass is 320 g/mol. The number of benzene rings is 2. The summed E-state index contributed by atoms with van der Waals surface area (Å²) in [6.45, 7) is 0. The van der Waals surface area contributed by atoms with Crippen LogP contribution in [0.15, 0.2) is 42.5 Å². The van der Waals surface area contributed by atoms with Crippen molar-refractivity contribution in [2.24, 2.45) is 0 Å². The van der Waals surface area contributed by atoms with Crippen LogP contribution in [-0.2, 0) is 12.6 Å². The Morgan fingerprint density at radius 2 is 1.62 bits per heavy atom. The number of halogens is 6. The summed E-state index contributed by atoms with van der Waals surface area (Å²) in [5.41, 5.74) is -0.588. The fourth-order valence-electron chi connectivity index (χ4n) is 2.01. The zero-order chi connectivity index (χ0) is 15.6. The van der Waals surface area contributed by atoms with Crippen LogP contribution < -0.4 is 0 Å². The molecule has 0 aliphatic heterocycles. The van der Waals surface area contributed by atoms with Gasteiger partial charge < -0.3 is 0 Å². The maximum atomic E-state index is 13.1. The zero-order valence-corrected chi connectivity index (χ0v) is 11.3. The summed E-state index contributed by atoms with van der Waals surface area (Å²) in [6, 6.07) is 8.09. The van der Waals surface area contributed by atoms with Crippen LogP contribution in [0.25, 0.3) is 0 Å². The van der Waals surface area contributed by atoms with Crippen LogP contribution in [0.4, 0.5) is 22.0 Å². The molecule has 21 heavy (non-hydrogen) atoms. The van der Waals surface area contributed by atoms with E-state index in [1.54, 1.807) is 0 Å². The molecule has 0 bridgehead atoms. The van der Waals surface area contributed by atoms with Crippen LogP contribution in [0.5, 0.6) is 0 Å². The maximum absolute atomic E-state index is 13.1. The number of hydrogen-bond donors (Lipinski definition) is 0. The minimum absolute atomic E-state index is 0.0359. The number of hydrogen-bond acceptors (Lipinski definition) is 0. The van der Waals surface area contributed by atoms with Crippen molar-refractivity contribution in [3.8, 4) is 0 Å². The Labute approximate surface area is 123 Å². The fourth-order valence-corrected chi connectivity index (χ4v) is 2.38. The molecule has 2 aromatic rings. The van der Waals surface area contributed by atoms with E-state index < -0.39 is 28.8 Å². The second-order valence-corrected chi connectivity index (χ2v) is 5.03. The van der Waals surface area contributed by atoms with E-state index in [0.717, 1.165) is 18.2 Å². The number of rotatable bonds is 3. The highest BCUT2D eigenvalue weighted by Crippen LogP contribution is 2.37. The SMILES string of the molecule is Fc1ccc(CC(Cl)c2ccccc2C(F)(F)F)cc1F. The lowest BCUT2D eigenvalue weighted by Gasteiger charge is -2.17. The lowest BCUT2D eigenvalue weighted by atomic mass is 9.99. The molecule has 0 N–H and O–H groups in total. The molecule has 0 fully saturated rings. The van der Waals surface area contributed by atoms with Gasteiger partial charge in [0, 0.05) is 0 Å². The average molecular weight is 321 g/mol. The second-order valence-electron chi connectivity index (χ2n) is 4.51. The van der Waals surface area contributed by atoms with Crippen LogP contribution in [-0.4, -0.2) is 0 Å². The van der Waals surface area contributed by atoms with Crippen molar-refractivity contribution < 1.29 is 22.0 Å². The molecule has 2 aromatic carbocycles. The molecule has 0 heterocycles. The van der Waals surface area contributed by atoms with Crippen LogP contribution >= 0.6 is 11.6 Å². The predicted molar refractivity (Wildman–Crippen MR) is 70.1 cm³/mol. The van der Waals surface area contributed by atoms with Crippen LogP contribution in [0, 0.1) is 11.6 Å². The molecule has 0 spiro atoms. The van der Waals surface area contributed by atoms with Crippen molar-refractivity contribution >= 4 is 11.6 Å². The molecular formula is C15H10ClF5. The van der Waals surface area contributed by atoms with Gasteiger partial charge in [0.25, 0.3) is 0 Å². The van der Waals surface area contributed by atoms with Gasteiger partial charge >= 0.3 is 6.18 Å². The quantitative estimate of drug-likeness (QED) is 0.517. The largest absolute Gasteiger partial charge is 0.416 e. The summed E-state index contributed by atoms with van der Waals surface area (Å²) in [4.78, 5) is 0. The van der Waals surface area contributed by atoms with Gasteiger partial charge in [0.15, 0.2) is 11.6 Å². The maximum Gasteiger partial charge on any atom is 0.416 e. The molecule has 0 aliphatic carbocycles. The van der Waals surface area contributed by atoms with E-state index in [0.29, 0.717) is 5.56 Å². The first-order valence-electron chi connectivity index (χ1n) is 6.03. The van der Waals surface area contributed by atoms with Crippen molar-refractivity contribution in [1.29, 1.82) is 0 Å². The van der Waals surface area contributed by atoms with Gasteiger partial charge in [-0.05, 0) is 35.7 Å². The van der Waals surface area contributed by atoms with Gasteiger partial charge in [-0.3, -0.25) is 0 Å². The molecule has 1 unspecified atom stereocenters. The Hall–Kier alpha value is -1.62. The normalized spacial score (nSPS) is 13.2. The van der Waals surface area contributed by atoms with E-state index >= 15 is 0 Å². The minimum atomic E-state index is -4.52. The van der Waals surface area contributed by atoms with E-state index in [9.17, 15) is 22.0 Å². The average Bonchev–Trinajstić information content (AvgIpc) is 2.42. The molecule has 0 saturated carbocycles. The van der Waals surface area contributed by atoms with Crippen molar-refractivity contribution in [3.63, 3.8) is 0 Å². The third-order valence-corrected chi connectivity index (χ3v) is 3.39. The molecule has 2 rings (SSSR count). The predicted octanol–water partition coefficient (Wildman–Crippen LogP) is 5.51. The molecule has 1 atom stereocenters. The molecule has 0 saturated heterocycles. The summed E-state index contributed by atoms with van der Waals surface area (Å²) >= 11 is 6.03. The Kier molecular flexibility index (Phi) is 4.52. The van der Waals surface area contributed by atoms with E-state index in [2.05, 4.69) is 0 Å². The van der Waals surface area contributed by atoms with Gasteiger partial charge in [-0.25, -0.2) is 8.78 Å². The summed E-state index contributed by atoms with van der Waals surface area (Å²) < 4.78 is 64.6. The lowest BCUT2D eigenvalue weighted by molar-refractivity contribution is -0.138. The first-order chi connectivity index (χ1) is 9.79. The van der Waals surface area contributed by atoms with Gasteiger partial charge in [0.05, 0.1) is 10.9 Å². The molecule has 0 aliphatic rings. The van der Waals surface area contributed by atoms with E-state index in [4.69, 9.17) is 11.6 Å². The highest BCUT2D eigenvalue weighted by molar-refractivity contribution is 6.21. The molecular weight excluding hydrogens is 311 g/mol. The van der Waals surface area contributed by atoms with E-state index in [1.807, 2.05) is 0 Å². The topological polar surface area (TPSA) is 0 Å². The Morgan fingerprint density at radius 3 is 2.24 bits per heavy atom. The van der Waals surface area contributed by atoms with Gasteiger partial charge in [-0.15, -0.1) is 11.6 Å². The molecule has 0 aromatic heterocycles. The number of alkyl halides is 4. The van der Waals surface area contributed by atoms with E-state index in [-0.39, 0.29) is 12.0 Å². The van der Waals surface area contributed by atoms with Gasteiger partial charge in [-0.2, -0.15) is 13.2 Å². The Bertz CT molecular complexity index is 636. The fraction of sp³-hybridized carbons (Fsp3) is 0.200. The summed E-state index contributed by atoms with van der Waals surface area (Å²) in [6.07, 6.45) is -4.55. The van der Waals surface area contributed by atoms with Gasteiger partial charge in [0.1, 0.15) is 0 Å². The third-order valence-electron chi connectivity index (χ3n) is 3.00. The first-order valence-corrected chi connectivity index (χ1v) is 6.47. The Balaban J connectivity index is 2.28. The molecule has 0 amide bonds. The van der Waals surface area contributed by atoms with Crippen LogP contribution in [0.2, 0.25) is 0 Å². The third kappa shape index (κ3) is 3.73. The second kappa shape index (κ2) is 6.02. The standard InChI is InChI=1S/C15H10ClF5/c16-12(7-9-5-6-13(17)14(18)8-9)10-3-1-2-4-11(10)15(19,20)21/h1-6,8,12H,7H2. The van der Waals surface area contributed by atoms with Crippen molar-refractivity contribution in [1.82, 2.24) is 0 Å². The molecule has 112 valence electrons. The van der Waals surface area contributed by atoms with E-state index in [1.165, 1.54) is 24.3 Å². The highest BCUT2D eigenvalue weighted by atomic mass is 35.5. The van der Waals surface area contributed by atoms with Crippen molar-refractivity contribution in [3.05, 3.63) is 70.8 Å². The summed E-state index contributed by atoms with van der Waals surface area (Å²) in [5.74, 6) is -2.07. The zero-order valence-electron chi connectivity index (χ0n) is 10.6. The first kappa shape index (κ1) is 15.8. The highest BCUT2D eigenvalue weighted by Gasteiger charge is 2.34. The molecule has 0 nitrogen and oxygen atoms in total. The summed E-state index contributed by atoms with van der Waals surface area (Å²) in [5, 5.41) is -0.993. The minimum Gasteiger partial charge on any atom is -0.204 e. The van der Waals surface area contributed by atoms with Crippen LogP contribution in [0.1, 0.15) is 22.1 Å². The van der Waals surface area contributed by atoms with Crippen molar-refractivity contribution in [2.75, 3.05) is 0 Å². The van der Waals surface area contributed by atoms with Gasteiger partial charge in [-0.1, -0.05) is 24.3 Å². The smallest absolute Gasteiger partial charge is 0.204 e.